The summed E-state index contributed by atoms with van der Waals surface area (Å²) in [5.74, 6) is -9.55. The molecule has 3 N–H and O–H groups in total. The van der Waals surface area contributed by atoms with E-state index in [-0.39, 0.29) is 63.1 Å². The van der Waals surface area contributed by atoms with Gasteiger partial charge >= 0.3 is 5.97 Å². The first-order valence-corrected chi connectivity index (χ1v) is 17.7. The maximum absolute atomic E-state index is 14.7. The number of carbonyl (C=O) groups excluding carboxylic acids is 3. The number of benzene rings is 3. The van der Waals surface area contributed by atoms with Gasteiger partial charge in [0.2, 0.25) is 11.9 Å². The summed E-state index contributed by atoms with van der Waals surface area (Å²) >= 11 is 0. The number of carboxylic acid groups (broad SMARTS) is 1. The molecule has 3 aromatic rings. The number of halogens is 5. The number of ether oxygens (including phenoxy) is 2. The Labute approximate surface area is 312 Å². The summed E-state index contributed by atoms with van der Waals surface area (Å²) in [5, 5.41) is 22.8. The minimum atomic E-state index is -2.33. The summed E-state index contributed by atoms with van der Waals surface area (Å²) in [6.07, 6.45) is -1.92. The van der Waals surface area contributed by atoms with E-state index in [4.69, 9.17) is 9.47 Å². The van der Waals surface area contributed by atoms with Gasteiger partial charge in [0, 0.05) is 37.3 Å². The smallest absolute Gasteiger partial charge is 0.337 e. The molecule has 1 saturated carbocycles. The molecular weight excluding hydrogens is 733 g/mol. The summed E-state index contributed by atoms with van der Waals surface area (Å²) in [6, 6.07) is 11.2. The Morgan fingerprint density at radius 1 is 0.927 bits per heavy atom. The second-order valence-electron chi connectivity index (χ2n) is 13.7. The van der Waals surface area contributed by atoms with Crippen molar-refractivity contribution in [1.82, 2.24) is 15.1 Å². The Kier molecular flexibility index (Phi) is 12.1. The van der Waals surface area contributed by atoms with E-state index in [1.165, 1.54) is 17.0 Å². The highest BCUT2D eigenvalue weighted by Crippen LogP contribution is 2.37. The van der Waals surface area contributed by atoms with Gasteiger partial charge in [-0.3, -0.25) is 14.4 Å². The summed E-state index contributed by atoms with van der Waals surface area (Å²) in [6.45, 7) is -0.260. The van der Waals surface area contributed by atoms with E-state index in [0.717, 1.165) is 17.7 Å². The molecule has 0 unspecified atom stereocenters. The molecule has 4 atom stereocenters. The van der Waals surface area contributed by atoms with Gasteiger partial charge in [0.25, 0.3) is 18.3 Å². The first-order valence-electron chi connectivity index (χ1n) is 17.7. The molecule has 292 valence electrons. The fourth-order valence-electron chi connectivity index (χ4n) is 7.12. The molecule has 2 bridgehead atoms. The monoisotopic (exact) mass is 771 g/mol. The van der Waals surface area contributed by atoms with Crippen molar-refractivity contribution in [2.75, 3.05) is 26.2 Å². The van der Waals surface area contributed by atoms with Gasteiger partial charge in [-0.05, 0) is 79.0 Å². The summed E-state index contributed by atoms with van der Waals surface area (Å²) in [5.41, 5.74) is 2.62. The average molecular weight is 772 g/mol. The third-order valence-corrected chi connectivity index (χ3v) is 9.99. The number of amides is 2. The minimum Gasteiger partial charge on any atom is -0.488 e. The van der Waals surface area contributed by atoms with Crippen LogP contribution in [0.4, 0.5) is 22.0 Å². The van der Waals surface area contributed by atoms with Crippen molar-refractivity contribution < 1.29 is 60.8 Å². The molecule has 2 amide bonds. The number of piperazine rings is 1. The number of nitrogens with zero attached hydrogens (tertiary/aromatic N) is 2. The lowest BCUT2D eigenvalue weighted by Gasteiger charge is -2.45. The highest BCUT2D eigenvalue weighted by atomic mass is 19.2. The van der Waals surface area contributed by atoms with Gasteiger partial charge in [0.05, 0.1) is 12.6 Å². The number of nitrogens with one attached hydrogen (secondary N) is 1. The number of fused-ring (bicyclic) bond motifs is 2. The second-order valence-corrected chi connectivity index (χ2v) is 13.7. The van der Waals surface area contributed by atoms with Crippen LogP contribution in [0.2, 0.25) is 0 Å². The molecule has 3 aromatic carbocycles. The molecule has 2 heterocycles. The lowest BCUT2D eigenvalue weighted by atomic mass is 9.82. The first-order chi connectivity index (χ1) is 26.4. The number of carboxylic acids is 1. The zero-order valence-corrected chi connectivity index (χ0v) is 29.4. The Morgan fingerprint density at radius 2 is 1.64 bits per heavy atom. The maximum Gasteiger partial charge on any atom is 0.337 e. The van der Waals surface area contributed by atoms with Crippen LogP contribution in [-0.2, 0) is 36.8 Å². The normalized spacial score (nSPS) is 19.1. The van der Waals surface area contributed by atoms with Crippen LogP contribution in [0, 0.1) is 29.1 Å². The Balaban J connectivity index is 1.26. The predicted molar refractivity (Wildman–Crippen MR) is 185 cm³/mol. The third-order valence-electron chi connectivity index (χ3n) is 9.99. The fourth-order valence-corrected chi connectivity index (χ4v) is 7.12. The topological polar surface area (TPSA) is 146 Å². The highest BCUT2D eigenvalue weighted by molar-refractivity contribution is 6.03. The fraction of sp³-hybridized carbons (Fsp3) is 0.385. The van der Waals surface area contributed by atoms with Crippen molar-refractivity contribution in [3.8, 4) is 5.75 Å². The molecule has 3 aliphatic rings. The first kappa shape index (κ1) is 39.3. The van der Waals surface area contributed by atoms with E-state index in [9.17, 15) is 51.3 Å². The minimum absolute atomic E-state index is 0.0289. The van der Waals surface area contributed by atoms with Crippen LogP contribution >= 0.6 is 0 Å². The molecular formula is C39H38F5N3O8. The number of rotatable bonds is 16. The van der Waals surface area contributed by atoms with E-state index in [1.807, 2.05) is 24.3 Å². The van der Waals surface area contributed by atoms with Gasteiger partial charge in [0.1, 0.15) is 0 Å². The maximum atomic E-state index is 14.7. The van der Waals surface area contributed by atoms with Crippen molar-refractivity contribution in [2.24, 2.45) is 0 Å². The van der Waals surface area contributed by atoms with Gasteiger partial charge in [-0.2, -0.15) is 4.39 Å². The number of aliphatic hydroxyl groups excluding tert-OH is 1. The molecule has 55 heavy (non-hydrogen) atoms. The van der Waals surface area contributed by atoms with Gasteiger partial charge in [0.15, 0.2) is 35.1 Å². The van der Waals surface area contributed by atoms with Crippen LogP contribution in [0.3, 0.4) is 0 Å². The number of hydrogen-bond donors (Lipinski definition) is 3. The van der Waals surface area contributed by atoms with E-state index < -0.39 is 71.0 Å². The van der Waals surface area contributed by atoms with Gasteiger partial charge in [-0.1, -0.05) is 36.4 Å². The van der Waals surface area contributed by atoms with Crippen LogP contribution in [0.1, 0.15) is 42.4 Å². The molecule has 11 nitrogen and oxygen atoms in total. The predicted octanol–water partition coefficient (Wildman–Crippen LogP) is 3.94. The number of aryl methyl sites for hydroxylation is 1. The van der Waals surface area contributed by atoms with Crippen LogP contribution < -0.4 is 10.1 Å². The Morgan fingerprint density at radius 3 is 2.33 bits per heavy atom. The Bertz CT molecular complexity index is 1980. The molecule has 2 aliphatic heterocycles. The number of aliphatic carboxylic acids is 1. The number of aliphatic hydroxyl groups is 1. The van der Waals surface area contributed by atoms with Gasteiger partial charge in [-0.25, -0.2) is 22.4 Å². The second kappa shape index (κ2) is 17.0. The molecule has 2 fully saturated rings. The van der Waals surface area contributed by atoms with Crippen molar-refractivity contribution in [2.45, 2.75) is 68.9 Å². The van der Waals surface area contributed by atoms with Crippen LogP contribution in [0.25, 0.3) is 5.57 Å². The van der Waals surface area contributed by atoms with E-state index in [1.54, 1.807) is 4.90 Å². The molecule has 6 rings (SSSR count). The SMILES string of the molecule is O=CO[C@H](C(=O)N1C[C@H]2CC(c3ccc(CCCOc4c(F)ccc(F)c4F)cc3)=C(C(=O)N(CCc3cccc(F)c3F)C3CC3)[C@@H](C1)N2)[C@H](O)C(=O)O. The molecule has 0 spiro atoms. The van der Waals surface area contributed by atoms with Crippen molar-refractivity contribution in [3.05, 3.63) is 106 Å². The standard InChI is InChI=1S/C39H38F5N3O8/c40-27-5-1-4-23(32(27)43)14-15-47(25-10-11-25)37(50)31-26(17-24-18-46(19-30(31)45-24)38(51)36(55-20-48)34(49)39(52)53)22-8-6-21(7-9-22)3-2-16-54-35-29(42)13-12-28(41)33(35)44/h1,4-9,12-13,20,24-25,30,34,36,45,49H,2-3,10-11,14-19H2,(H,52,53)/t24-,30-,34+,36+/m1/s1. The lowest BCUT2D eigenvalue weighted by Crippen LogP contribution is -2.64. The molecule has 1 saturated heterocycles. The zero-order chi connectivity index (χ0) is 39.4. The average Bonchev–Trinajstić information content (AvgIpc) is 4.01. The van der Waals surface area contributed by atoms with Gasteiger partial charge < -0.3 is 34.8 Å². The van der Waals surface area contributed by atoms with Crippen molar-refractivity contribution in [1.29, 1.82) is 0 Å². The summed E-state index contributed by atoms with van der Waals surface area (Å²) in [7, 11) is 0. The summed E-state index contributed by atoms with van der Waals surface area (Å²) < 4.78 is 79.9. The molecule has 0 aromatic heterocycles. The molecule has 1 aliphatic carbocycles. The van der Waals surface area contributed by atoms with Gasteiger partial charge in [-0.15, -0.1) is 0 Å². The van der Waals surface area contributed by atoms with E-state index >= 15 is 0 Å². The summed E-state index contributed by atoms with van der Waals surface area (Å²) in [4.78, 5) is 53.7. The molecule has 0 radical (unpaired) electrons. The van der Waals surface area contributed by atoms with E-state index in [0.29, 0.717) is 48.5 Å². The van der Waals surface area contributed by atoms with Crippen LogP contribution in [-0.4, -0.2) is 101 Å². The third kappa shape index (κ3) is 8.81. The molecule has 16 heteroatoms. The van der Waals surface area contributed by atoms with Crippen LogP contribution in [0.5, 0.6) is 5.75 Å². The van der Waals surface area contributed by atoms with Crippen LogP contribution in [0.15, 0.2) is 60.2 Å². The quantitative estimate of drug-likeness (QED) is 0.0854. The highest BCUT2D eigenvalue weighted by Gasteiger charge is 2.46. The van der Waals surface area contributed by atoms with Crippen molar-refractivity contribution in [3.63, 3.8) is 0 Å². The largest absolute Gasteiger partial charge is 0.488 e. The zero-order valence-electron chi connectivity index (χ0n) is 29.4. The lowest BCUT2D eigenvalue weighted by molar-refractivity contribution is -0.170. The van der Waals surface area contributed by atoms with Crippen molar-refractivity contribution >= 4 is 29.8 Å². The number of hydrogen-bond acceptors (Lipinski definition) is 8. The van der Waals surface area contributed by atoms with E-state index in [2.05, 4.69) is 5.32 Å². The Hall–Kier alpha value is -5.35. The number of carbonyl (C=O) groups is 4.